The van der Waals surface area contributed by atoms with Gasteiger partial charge in [0.1, 0.15) is 5.69 Å². The lowest BCUT2D eigenvalue weighted by molar-refractivity contribution is -0.137. The molecule has 0 spiro atoms. The Kier molecular flexibility index (Phi) is 7.67. The number of primary amides is 1. The smallest absolute Gasteiger partial charge is 0.364 e. The van der Waals surface area contributed by atoms with Crippen LogP contribution in [0.25, 0.3) is 27.5 Å². The monoisotopic (exact) mass is 584 g/mol. The number of carbonyl (C=O) groups is 1. The average Bonchev–Trinajstić information content (AvgIpc) is 3.35. The number of nitrogens with zero attached hydrogens (tertiary/aromatic N) is 3. The molecule has 0 aliphatic heterocycles. The number of alkyl halides is 3. The molecule has 2 N–H and O–H groups in total. The zero-order chi connectivity index (χ0) is 27.2. The first-order valence-corrected chi connectivity index (χ1v) is 13.4. The molecule has 0 saturated heterocycles. The molecule has 194 valence electrons. The number of carbonyl (C=O) groups excluding carboxylic acids is 1. The summed E-state index contributed by atoms with van der Waals surface area (Å²) in [4.78, 5) is 17.4. The SMILES string of the molecule is Cc1cc(-c2c(C)nn(-c3nc(-c4ccc(Cl)c(Cl)c4)c(SC(C)C)s3)c2C(N)=O)cc(C(F)(F)F)c1. The van der Waals surface area contributed by atoms with Gasteiger partial charge in [-0.25, -0.2) is 4.98 Å². The van der Waals surface area contributed by atoms with Gasteiger partial charge in [0.15, 0.2) is 0 Å². The number of hydrogen-bond donors (Lipinski definition) is 1. The van der Waals surface area contributed by atoms with Crippen molar-refractivity contribution < 1.29 is 18.0 Å². The molecule has 2 aromatic heterocycles. The van der Waals surface area contributed by atoms with Crippen LogP contribution in [0.3, 0.4) is 0 Å². The third kappa shape index (κ3) is 5.67. The summed E-state index contributed by atoms with van der Waals surface area (Å²) in [6.45, 7) is 7.24. The molecule has 0 bridgehead atoms. The number of aryl methyl sites for hydroxylation is 2. The first kappa shape index (κ1) is 27.5. The van der Waals surface area contributed by atoms with Crippen molar-refractivity contribution in [1.29, 1.82) is 0 Å². The van der Waals surface area contributed by atoms with Crippen molar-refractivity contribution in [2.24, 2.45) is 5.73 Å². The van der Waals surface area contributed by atoms with Crippen molar-refractivity contribution in [1.82, 2.24) is 14.8 Å². The van der Waals surface area contributed by atoms with E-state index in [-0.39, 0.29) is 22.1 Å². The van der Waals surface area contributed by atoms with Gasteiger partial charge in [0.25, 0.3) is 5.91 Å². The van der Waals surface area contributed by atoms with Crippen LogP contribution in [0.4, 0.5) is 13.2 Å². The quantitative estimate of drug-likeness (QED) is 0.232. The molecule has 0 aliphatic rings. The van der Waals surface area contributed by atoms with Gasteiger partial charge < -0.3 is 5.73 Å². The number of halogens is 5. The fourth-order valence-electron chi connectivity index (χ4n) is 3.84. The van der Waals surface area contributed by atoms with Gasteiger partial charge >= 0.3 is 6.18 Å². The van der Waals surface area contributed by atoms with Crippen LogP contribution >= 0.6 is 46.3 Å². The molecule has 1 amide bonds. The van der Waals surface area contributed by atoms with E-state index >= 15 is 0 Å². The van der Waals surface area contributed by atoms with Crippen molar-refractivity contribution in [3.05, 3.63) is 69.0 Å². The molecule has 5 nitrogen and oxygen atoms in total. The van der Waals surface area contributed by atoms with Crippen molar-refractivity contribution in [2.45, 2.75) is 43.3 Å². The standard InChI is InChI=1S/C25H21Cl2F3N4OS2/c1-11(2)36-23-20(14-5-6-17(26)18(27)10-14)32-24(37-23)34-21(22(31)35)19(13(4)33-34)15-7-12(3)8-16(9-15)25(28,29)30/h5-11H,1-4H3,(H2,31,35). The van der Waals surface area contributed by atoms with Gasteiger partial charge in [0.2, 0.25) is 5.13 Å². The van der Waals surface area contributed by atoms with Crippen LogP contribution < -0.4 is 5.73 Å². The largest absolute Gasteiger partial charge is 0.416 e. The summed E-state index contributed by atoms with van der Waals surface area (Å²) in [6, 6.07) is 8.77. The van der Waals surface area contributed by atoms with E-state index < -0.39 is 17.6 Å². The van der Waals surface area contributed by atoms with E-state index in [1.165, 1.54) is 16.0 Å². The van der Waals surface area contributed by atoms with Crippen LogP contribution in [0.2, 0.25) is 10.0 Å². The van der Waals surface area contributed by atoms with Gasteiger partial charge in [-0.2, -0.15) is 23.0 Å². The molecular weight excluding hydrogens is 564 g/mol. The van der Waals surface area contributed by atoms with E-state index in [0.29, 0.717) is 32.1 Å². The third-order valence-electron chi connectivity index (χ3n) is 5.29. The van der Waals surface area contributed by atoms with Gasteiger partial charge in [0.05, 0.1) is 31.2 Å². The maximum absolute atomic E-state index is 13.5. The zero-order valence-electron chi connectivity index (χ0n) is 20.1. The Morgan fingerprint density at radius 3 is 2.38 bits per heavy atom. The van der Waals surface area contributed by atoms with E-state index in [1.807, 2.05) is 13.8 Å². The normalized spacial score (nSPS) is 11.9. The lowest BCUT2D eigenvalue weighted by Gasteiger charge is -2.11. The first-order chi connectivity index (χ1) is 17.3. The molecule has 0 aliphatic carbocycles. The molecule has 0 unspecified atom stereocenters. The molecule has 0 saturated carbocycles. The molecule has 37 heavy (non-hydrogen) atoms. The predicted molar refractivity (Wildman–Crippen MR) is 144 cm³/mol. The second kappa shape index (κ2) is 10.3. The molecule has 2 aromatic carbocycles. The fourth-order valence-corrected chi connectivity index (χ4v) is 6.61. The Morgan fingerprint density at radius 1 is 1.08 bits per heavy atom. The summed E-state index contributed by atoms with van der Waals surface area (Å²) >= 11 is 15.2. The van der Waals surface area contributed by atoms with Crippen molar-refractivity contribution in [3.63, 3.8) is 0 Å². The van der Waals surface area contributed by atoms with Crippen LogP contribution in [-0.2, 0) is 6.18 Å². The Labute approximate surface area is 229 Å². The van der Waals surface area contributed by atoms with Crippen LogP contribution in [0.15, 0.2) is 40.6 Å². The summed E-state index contributed by atoms with van der Waals surface area (Å²) in [5.41, 5.74) is 7.38. The summed E-state index contributed by atoms with van der Waals surface area (Å²) in [5, 5.41) is 5.81. The molecule has 0 atom stereocenters. The molecule has 0 radical (unpaired) electrons. The van der Waals surface area contributed by atoms with E-state index in [1.54, 1.807) is 49.9 Å². The Hall–Kier alpha value is -2.53. The van der Waals surface area contributed by atoms with Gasteiger partial charge in [-0.1, -0.05) is 60.5 Å². The number of nitrogens with two attached hydrogens (primary N) is 1. The summed E-state index contributed by atoms with van der Waals surface area (Å²) in [7, 11) is 0. The van der Waals surface area contributed by atoms with Crippen LogP contribution in [0.5, 0.6) is 0 Å². The van der Waals surface area contributed by atoms with Crippen molar-refractivity contribution in [3.8, 4) is 27.5 Å². The highest BCUT2D eigenvalue weighted by atomic mass is 35.5. The maximum Gasteiger partial charge on any atom is 0.416 e. The first-order valence-electron chi connectivity index (χ1n) is 11.0. The molecule has 4 rings (SSSR count). The second-order valence-electron chi connectivity index (χ2n) is 8.60. The second-order valence-corrected chi connectivity index (χ2v) is 12.2. The topological polar surface area (TPSA) is 73.8 Å². The molecule has 2 heterocycles. The average molecular weight is 586 g/mol. The van der Waals surface area contributed by atoms with Gasteiger partial charge in [-0.05, 0) is 49.2 Å². The molecule has 4 aromatic rings. The summed E-state index contributed by atoms with van der Waals surface area (Å²) in [6.07, 6.45) is -4.55. The number of amides is 1. The van der Waals surface area contributed by atoms with Gasteiger partial charge in [-0.3, -0.25) is 4.79 Å². The summed E-state index contributed by atoms with van der Waals surface area (Å²) in [5.74, 6) is -0.838. The molecule has 12 heteroatoms. The third-order valence-corrected chi connectivity index (χ3v) is 8.27. The number of aromatic nitrogens is 3. The highest BCUT2D eigenvalue weighted by Gasteiger charge is 2.32. The number of rotatable bonds is 6. The van der Waals surface area contributed by atoms with E-state index in [9.17, 15) is 18.0 Å². The minimum absolute atomic E-state index is 0.0493. The van der Waals surface area contributed by atoms with Gasteiger partial charge in [-0.15, -0.1) is 11.8 Å². The van der Waals surface area contributed by atoms with E-state index in [4.69, 9.17) is 33.9 Å². The molecular formula is C25H21Cl2F3N4OS2. The van der Waals surface area contributed by atoms with Crippen LogP contribution in [-0.4, -0.2) is 25.9 Å². The van der Waals surface area contributed by atoms with Crippen molar-refractivity contribution in [2.75, 3.05) is 0 Å². The Morgan fingerprint density at radius 2 is 1.78 bits per heavy atom. The minimum Gasteiger partial charge on any atom is -0.364 e. The van der Waals surface area contributed by atoms with Crippen LogP contribution in [0.1, 0.15) is 41.2 Å². The minimum atomic E-state index is -4.55. The summed E-state index contributed by atoms with van der Waals surface area (Å²) < 4.78 is 42.7. The van der Waals surface area contributed by atoms with E-state index in [0.717, 1.165) is 21.9 Å². The molecule has 0 fully saturated rings. The fraction of sp³-hybridized carbons (Fsp3) is 0.240. The number of thiazole rings is 1. The Balaban J connectivity index is 1.94. The highest BCUT2D eigenvalue weighted by Crippen LogP contribution is 2.42. The van der Waals surface area contributed by atoms with E-state index in [2.05, 4.69) is 5.10 Å². The lowest BCUT2D eigenvalue weighted by atomic mass is 9.98. The maximum atomic E-state index is 13.5. The lowest BCUT2D eigenvalue weighted by Crippen LogP contribution is -2.18. The number of hydrogen-bond acceptors (Lipinski definition) is 5. The van der Waals surface area contributed by atoms with Gasteiger partial charge in [0, 0.05) is 16.4 Å². The van der Waals surface area contributed by atoms with Crippen LogP contribution in [0, 0.1) is 13.8 Å². The Bertz CT molecular complexity index is 1510. The number of thioether (sulfide) groups is 1. The highest BCUT2D eigenvalue weighted by molar-refractivity contribution is 8.01. The predicted octanol–water partition coefficient (Wildman–Crippen LogP) is 8.20. The zero-order valence-corrected chi connectivity index (χ0v) is 23.2. The number of benzene rings is 2. The van der Waals surface area contributed by atoms with Crippen molar-refractivity contribution >= 4 is 52.2 Å².